The van der Waals surface area contributed by atoms with E-state index in [0.29, 0.717) is 28.1 Å². The molecule has 0 aliphatic heterocycles. The van der Waals surface area contributed by atoms with Crippen molar-refractivity contribution in [1.82, 2.24) is 9.97 Å². The second kappa shape index (κ2) is 6.69. The third-order valence-corrected chi connectivity index (χ3v) is 6.54. The zero-order valence-electron chi connectivity index (χ0n) is 15.4. The molecule has 2 heterocycles. The number of H-pyrrole nitrogens is 1. The number of nitrogens with two attached hydrogens (primary N) is 1. The lowest BCUT2D eigenvalue weighted by atomic mass is 10.1. The van der Waals surface area contributed by atoms with E-state index in [4.69, 9.17) is 10.5 Å². The van der Waals surface area contributed by atoms with Gasteiger partial charge in [-0.2, -0.15) is 0 Å². The number of pyridine rings is 1. The Balaban J connectivity index is 1.81. The molecule has 0 atom stereocenters. The molecule has 28 heavy (non-hydrogen) atoms. The summed E-state index contributed by atoms with van der Waals surface area (Å²) in [5, 5.41) is 0.563. The van der Waals surface area contributed by atoms with Gasteiger partial charge in [-0.15, -0.1) is 0 Å². The van der Waals surface area contributed by atoms with Crippen molar-refractivity contribution < 1.29 is 13.2 Å². The number of sulfone groups is 1. The van der Waals surface area contributed by atoms with E-state index in [0.717, 1.165) is 11.1 Å². The maximum atomic E-state index is 13.0. The number of aromatic nitrogens is 2. The molecule has 7 heteroatoms. The van der Waals surface area contributed by atoms with Crippen LogP contribution < -0.4 is 10.5 Å². The van der Waals surface area contributed by atoms with Crippen LogP contribution in [-0.4, -0.2) is 18.4 Å². The van der Waals surface area contributed by atoms with E-state index in [1.807, 2.05) is 26.0 Å². The van der Waals surface area contributed by atoms with Crippen molar-refractivity contribution in [3.05, 3.63) is 72.2 Å². The summed E-state index contributed by atoms with van der Waals surface area (Å²) in [6.45, 7) is 3.84. The third kappa shape index (κ3) is 2.99. The number of nitrogens with one attached hydrogen (secondary N) is 1. The minimum absolute atomic E-state index is 0.192. The van der Waals surface area contributed by atoms with Gasteiger partial charge < -0.3 is 15.5 Å². The Kier molecular flexibility index (Phi) is 4.31. The van der Waals surface area contributed by atoms with Gasteiger partial charge in [0.05, 0.1) is 9.79 Å². The van der Waals surface area contributed by atoms with Crippen LogP contribution in [0.25, 0.3) is 10.9 Å². The topological polar surface area (TPSA) is 98.1 Å². The number of aryl methyl sites for hydroxylation is 1. The molecule has 4 rings (SSSR count). The number of nitrogens with zero attached hydrogens (tertiary/aromatic N) is 1. The zero-order valence-corrected chi connectivity index (χ0v) is 16.2. The number of anilines is 1. The predicted molar refractivity (Wildman–Crippen MR) is 108 cm³/mol. The molecule has 0 saturated heterocycles. The van der Waals surface area contributed by atoms with Crippen LogP contribution in [0.3, 0.4) is 0 Å². The standard InChI is InChI=1S/C21H19N3O3S/c1-13-3-5-18(22)14(2)21(13)27-15-4-6-19-17(11-15)20(12-24-19)28(25,26)16-7-9-23-10-8-16/h3-12,24H,22H2,1-2H3. The molecular weight excluding hydrogens is 374 g/mol. The SMILES string of the molecule is Cc1ccc(N)c(C)c1Oc1ccc2[nH]cc(S(=O)(=O)c3ccncc3)c2c1. The first-order chi connectivity index (χ1) is 13.4. The lowest BCUT2D eigenvalue weighted by Gasteiger charge is -2.13. The van der Waals surface area contributed by atoms with Gasteiger partial charge in [0.15, 0.2) is 0 Å². The molecule has 0 aliphatic rings. The Morgan fingerprint density at radius 2 is 1.79 bits per heavy atom. The van der Waals surface area contributed by atoms with Crippen LogP contribution in [-0.2, 0) is 9.84 Å². The monoisotopic (exact) mass is 393 g/mol. The van der Waals surface area contributed by atoms with Gasteiger partial charge in [0, 0.05) is 40.7 Å². The van der Waals surface area contributed by atoms with Crippen molar-refractivity contribution >= 4 is 26.4 Å². The van der Waals surface area contributed by atoms with Crippen LogP contribution in [0, 0.1) is 13.8 Å². The molecule has 4 aromatic rings. The maximum absolute atomic E-state index is 13.0. The molecular formula is C21H19N3O3S. The lowest BCUT2D eigenvalue weighted by Crippen LogP contribution is -2.01. The first-order valence-electron chi connectivity index (χ1n) is 8.67. The molecule has 2 aromatic heterocycles. The predicted octanol–water partition coefficient (Wildman–Crippen LogP) is 4.39. The van der Waals surface area contributed by atoms with Crippen molar-refractivity contribution in [2.24, 2.45) is 0 Å². The van der Waals surface area contributed by atoms with Crippen LogP contribution in [0.4, 0.5) is 5.69 Å². The van der Waals surface area contributed by atoms with E-state index in [1.54, 1.807) is 18.2 Å². The first-order valence-corrected chi connectivity index (χ1v) is 10.2. The summed E-state index contributed by atoms with van der Waals surface area (Å²) in [6, 6.07) is 12.0. The number of benzene rings is 2. The fraction of sp³-hybridized carbons (Fsp3) is 0.0952. The quantitative estimate of drug-likeness (QED) is 0.501. The van der Waals surface area contributed by atoms with Crippen molar-refractivity contribution in [3.8, 4) is 11.5 Å². The van der Waals surface area contributed by atoms with Crippen LogP contribution in [0.15, 0.2) is 70.8 Å². The summed E-state index contributed by atoms with van der Waals surface area (Å²) in [5.74, 6) is 1.21. The fourth-order valence-corrected chi connectivity index (χ4v) is 4.53. The van der Waals surface area contributed by atoms with E-state index in [9.17, 15) is 8.42 Å². The van der Waals surface area contributed by atoms with Gasteiger partial charge in [-0.3, -0.25) is 4.98 Å². The number of rotatable bonds is 4. The van der Waals surface area contributed by atoms with E-state index < -0.39 is 9.84 Å². The molecule has 0 spiro atoms. The summed E-state index contributed by atoms with van der Waals surface area (Å²) in [4.78, 5) is 7.29. The van der Waals surface area contributed by atoms with Crippen LogP contribution in [0.1, 0.15) is 11.1 Å². The van der Waals surface area contributed by atoms with Gasteiger partial charge in [0.25, 0.3) is 0 Å². The summed E-state index contributed by atoms with van der Waals surface area (Å²) in [7, 11) is -3.68. The van der Waals surface area contributed by atoms with E-state index in [-0.39, 0.29) is 9.79 Å². The highest BCUT2D eigenvalue weighted by atomic mass is 32.2. The largest absolute Gasteiger partial charge is 0.457 e. The Labute approximate surface area is 162 Å². The van der Waals surface area contributed by atoms with Crippen molar-refractivity contribution in [2.75, 3.05) is 5.73 Å². The summed E-state index contributed by atoms with van der Waals surface area (Å²) in [6.07, 6.45) is 4.42. The van der Waals surface area contributed by atoms with Crippen LogP contribution in [0.2, 0.25) is 0 Å². The van der Waals surface area contributed by atoms with Gasteiger partial charge in [-0.05, 0) is 55.8 Å². The molecule has 6 nitrogen and oxygen atoms in total. The molecule has 142 valence electrons. The average molecular weight is 393 g/mol. The van der Waals surface area contributed by atoms with E-state index in [2.05, 4.69) is 9.97 Å². The van der Waals surface area contributed by atoms with Gasteiger partial charge >= 0.3 is 0 Å². The minimum atomic E-state index is -3.68. The molecule has 0 amide bonds. The number of aromatic amines is 1. The van der Waals surface area contributed by atoms with Crippen molar-refractivity contribution in [1.29, 1.82) is 0 Å². The molecule has 0 radical (unpaired) electrons. The summed E-state index contributed by atoms with van der Waals surface area (Å²) >= 11 is 0. The second-order valence-corrected chi connectivity index (χ2v) is 8.49. The highest BCUT2D eigenvalue weighted by Crippen LogP contribution is 2.35. The fourth-order valence-electron chi connectivity index (χ4n) is 3.12. The average Bonchev–Trinajstić information content (AvgIpc) is 3.13. The molecule has 0 unspecified atom stereocenters. The van der Waals surface area contributed by atoms with Gasteiger partial charge in [-0.25, -0.2) is 8.42 Å². The molecule has 0 aliphatic carbocycles. The Morgan fingerprint density at radius 1 is 1.04 bits per heavy atom. The van der Waals surface area contributed by atoms with Gasteiger partial charge in [0.1, 0.15) is 11.5 Å². The van der Waals surface area contributed by atoms with Crippen molar-refractivity contribution in [3.63, 3.8) is 0 Å². The third-order valence-electron chi connectivity index (χ3n) is 4.73. The van der Waals surface area contributed by atoms with Gasteiger partial charge in [-0.1, -0.05) is 6.07 Å². The van der Waals surface area contributed by atoms with E-state index in [1.165, 1.54) is 30.7 Å². The first kappa shape index (κ1) is 18.1. The number of nitrogen functional groups attached to an aromatic ring is 1. The molecule has 0 saturated carbocycles. The van der Waals surface area contributed by atoms with Gasteiger partial charge in [0.2, 0.25) is 9.84 Å². The normalized spacial score (nSPS) is 11.6. The summed E-state index contributed by atoms with van der Waals surface area (Å²) in [5.41, 5.74) is 9.14. The molecule has 3 N–H and O–H groups in total. The Morgan fingerprint density at radius 3 is 2.54 bits per heavy atom. The Hall–Kier alpha value is -3.32. The summed E-state index contributed by atoms with van der Waals surface area (Å²) < 4.78 is 32.1. The highest BCUT2D eigenvalue weighted by molar-refractivity contribution is 7.91. The highest BCUT2D eigenvalue weighted by Gasteiger charge is 2.22. The number of ether oxygens (including phenoxy) is 1. The second-order valence-electron chi connectivity index (χ2n) is 6.57. The zero-order chi connectivity index (χ0) is 19.9. The number of hydrogen-bond acceptors (Lipinski definition) is 5. The minimum Gasteiger partial charge on any atom is -0.457 e. The van der Waals surface area contributed by atoms with Crippen LogP contribution >= 0.6 is 0 Å². The van der Waals surface area contributed by atoms with Crippen LogP contribution in [0.5, 0.6) is 11.5 Å². The number of fused-ring (bicyclic) bond motifs is 1. The Bertz CT molecular complexity index is 1280. The van der Waals surface area contributed by atoms with Crippen molar-refractivity contribution in [2.45, 2.75) is 23.6 Å². The smallest absolute Gasteiger partial charge is 0.208 e. The molecule has 0 bridgehead atoms. The molecule has 0 fully saturated rings. The molecule has 2 aromatic carbocycles. The number of hydrogen-bond donors (Lipinski definition) is 2. The van der Waals surface area contributed by atoms with E-state index >= 15 is 0 Å². The maximum Gasteiger partial charge on any atom is 0.208 e. The lowest BCUT2D eigenvalue weighted by molar-refractivity contribution is 0.476.